The van der Waals surface area contributed by atoms with Gasteiger partial charge in [-0.05, 0) is 46.3 Å². The summed E-state index contributed by atoms with van der Waals surface area (Å²) in [6.07, 6.45) is 1.53. The van der Waals surface area contributed by atoms with Crippen LogP contribution in [0.5, 0.6) is 5.75 Å². The highest BCUT2D eigenvalue weighted by Crippen LogP contribution is 2.41. The number of rotatable bonds is 5. The first kappa shape index (κ1) is 19.5. The van der Waals surface area contributed by atoms with E-state index in [0.29, 0.717) is 29.7 Å². The zero-order chi connectivity index (χ0) is 20.4. The molecule has 0 saturated carbocycles. The minimum Gasteiger partial charge on any atom is -0.489 e. The molecule has 2 heterocycles. The largest absolute Gasteiger partial charge is 0.489 e. The SMILES string of the molecule is N=[N+]=Nc1ccc(N2CCOc3cc(S(=O)(=O)Nc4nccs4)ccc32)c(Br)c1. The second kappa shape index (κ2) is 7.91. The van der Waals surface area contributed by atoms with Crippen molar-refractivity contribution in [1.82, 2.24) is 9.90 Å². The molecule has 0 unspecified atom stereocenters. The van der Waals surface area contributed by atoms with Gasteiger partial charge >= 0.3 is 0 Å². The van der Waals surface area contributed by atoms with Crippen LogP contribution in [0.15, 0.2) is 62.5 Å². The highest BCUT2D eigenvalue weighted by molar-refractivity contribution is 9.10. The number of halogens is 1. The summed E-state index contributed by atoms with van der Waals surface area (Å²) in [5.41, 5.74) is 9.02. The molecule has 148 valence electrons. The zero-order valence-corrected chi connectivity index (χ0v) is 18.0. The van der Waals surface area contributed by atoms with Crippen LogP contribution in [-0.4, -0.2) is 26.6 Å². The van der Waals surface area contributed by atoms with Gasteiger partial charge in [0.15, 0.2) is 15.9 Å². The molecule has 1 aliphatic heterocycles. The standard InChI is InChI=1S/C17H14BrN6O3S2/c18-13-9-11(21-23-19)1-3-14(13)24-6-7-27-16-10-12(2-4-15(16)24)29(25,26)22-17-20-5-8-28-17/h1-5,8-10,19H,6-7H2,(H,20,22)/q+1. The number of fused-ring (bicyclic) bond motifs is 1. The van der Waals surface area contributed by atoms with E-state index in [1.54, 1.807) is 23.6 Å². The fourth-order valence-electron chi connectivity index (χ4n) is 2.90. The summed E-state index contributed by atoms with van der Waals surface area (Å²) in [6, 6.07) is 10.1. The first-order valence-electron chi connectivity index (χ1n) is 8.32. The number of hydrogen-bond donors (Lipinski definition) is 2. The summed E-state index contributed by atoms with van der Waals surface area (Å²) in [7, 11) is -3.77. The fourth-order valence-corrected chi connectivity index (χ4v) is 5.28. The Labute approximate surface area is 178 Å². The van der Waals surface area contributed by atoms with Gasteiger partial charge in [-0.15, -0.1) is 11.3 Å². The lowest BCUT2D eigenvalue weighted by Crippen LogP contribution is -2.29. The molecule has 1 aromatic heterocycles. The van der Waals surface area contributed by atoms with E-state index in [1.807, 2.05) is 11.0 Å². The minimum absolute atomic E-state index is 0.0959. The van der Waals surface area contributed by atoms with Crippen LogP contribution in [0.1, 0.15) is 0 Å². The summed E-state index contributed by atoms with van der Waals surface area (Å²) in [5.74, 6) is 0.472. The van der Waals surface area contributed by atoms with Crippen molar-refractivity contribution in [2.75, 3.05) is 22.8 Å². The van der Waals surface area contributed by atoms with E-state index < -0.39 is 10.0 Å². The lowest BCUT2D eigenvalue weighted by atomic mass is 10.2. The molecule has 1 aliphatic rings. The number of benzene rings is 2. The van der Waals surface area contributed by atoms with Crippen molar-refractivity contribution in [3.8, 4) is 5.75 Å². The summed E-state index contributed by atoms with van der Waals surface area (Å²) >= 11 is 4.73. The van der Waals surface area contributed by atoms with Crippen LogP contribution < -0.4 is 19.3 Å². The number of aromatic nitrogens is 1. The summed E-state index contributed by atoms with van der Waals surface area (Å²) < 4.78 is 34.2. The lowest BCUT2D eigenvalue weighted by molar-refractivity contribution is 0.313. The van der Waals surface area contributed by atoms with Crippen LogP contribution in [0, 0.1) is 5.53 Å². The average Bonchev–Trinajstić information content (AvgIpc) is 3.20. The van der Waals surface area contributed by atoms with Crippen molar-refractivity contribution in [3.63, 3.8) is 0 Å². The molecule has 12 heteroatoms. The summed E-state index contributed by atoms with van der Waals surface area (Å²) in [4.78, 5) is 9.11. The maximum atomic E-state index is 12.6. The van der Waals surface area contributed by atoms with Gasteiger partial charge in [-0.2, -0.15) is 0 Å². The Morgan fingerprint density at radius 3 is 2.83 bits per heavy atom. The molecule has 3 aromatic rings. The first-order valence-corrected chi connectivity index (χ1v) is 11.5. The molecule has 0 atom stereocenters. The van der Waals surface area contributed by atoms with Crippen molar-refractivity contribution in [1.29, 1.82) is 5.53 Å². The molecule has 0 fully saturated rings. The molecule has 2 N–H and O–H groups in total. The Hall–Kier alpha value is -2.79. The van der Waals surface area contributed by atoms with Crippen molar-refractivity contribution in [2.24, 2.45) is 5.11 Å². The maximum Gasteiger partial charge on any atom is 0.263 e. The van der Waals surface area contributed by atoms with Crippen LogP contribution in [0.25, 0.3) is 0 Å². The Balaban J connectivity index is 1.68. The predicted molar refractivity (Wildman–Crippen MR) is 113 cm³/mol. The van der Waals surface area contributed by atoms with Crippen LogP contribution in [-0.2, 0) is 10.0 Å². The van der Waals surface area contributed by atoms with E-state index in [0.717, 1.165) is 15.8 Å². The van der Waals surface area contributed by atoms with Crippen LogP contribution >= 0.6 is 27.3 Å². The van der Waals surface area contributed by atoms with Crippen LogP contribution in [0.2, 0.25) is 0 Å². The Morgan fingerprint density at radius 2 is 2.10 bits per heavy atom. The van der Waals surface area contributed by atoms with Gasteiger partial charge in [0.2, 0.25) is 4.91 Å². The molecule has 0 amide bonds. The van der Waals surface area contributed by atoms with E-state index in [4.69, 9.17) is 10.3 Å². The normalized spacial score (nSPS) is 13.2. The topological polar surface area (TPSA) is 122 Å². The van der Waals surface area contributed by atoms with Gasteiger partial charge in [0.25, 0.3) is 10.0 Å². The molecule has 0 saturated heterocycles. The smallest absolute Gasteiger partial charge is 0.263 e. The number of nitrogens with zero attached hydrogens (tertiary/aromatic N) is 4. The van der Waals surface area contributed by atoms with E-state index in [1.165, 1.54) is 29.7 Å². The molecule has 0 spiro atoms. The third kappa shape index (κ3) is 4.01. The maximum absolute atomic E-state index is 12.6. The highest BCUT2D eigenvalue weighted by Gasteiger charge is 2.25. The highest BCUT2D eigenvalue weighted by atomic mass is 79.9. The average molecular weight is 494 g/mol. The Bertz CT molecular complexity index is 1210. The minimum atomic E-state index is -3.77. The van der Waals surface area contributed by atoms with E-state index in [2.05, 4.69) is 35.7 Å². The van der Waals surface area contributed by atoms with Crippen LogP contribution in [0.4, 0.5) is 22.2 Å². The first-order chi connectivity index (χ1) is 14.0. The second-order valence-corrected chi connectivity index (χ2v) is 9.34. The van der Waals surface area contributed by atoms with Gasteiger partial charge in [0.05, 0.1) is 22.8 Å². The molecule has 0 bridgehead atoms. The van der Waals surface area contributed by atoms with Gasteiger partial charge in [-0.3, -0.25) is 4.72 Å². The number of sulfonamides is 1. The van der Waals surface area contributed by atoms with Crippen LogP contribution in [0.3, 0.4) is 0 Å². The number of nitrogens with one attached hydrogen (secondary N) is 2. The van der Waals surface area contributed by atoms with Gasteiger partial charge in [0.1, 0.15) is 17.9 Å². The molecular formula is C17H14BrN6O3S2+. The van der Waals surface area contributed by atoms with Crippen molar-refractivity contribution in [2.45, 2.75) is 4.90 Å². The number of hydrogen-bond acceptors (Lipinski definition) is 8. The molecule has 2 aromatic carbocycles. The van der Waals surface area contributed by atoms with Gasteiger partial charge in [-0.1, -0.05) is 0 Å². The Morgan fingerprint density at radius 1 is 1.28 bits per heavy atom. The lowest BCUT2D eigenvalue weighted by Gasteiger charge is -2.32. The number of thiazole rings is 1. The van der Waals surface area contributed by atoms with E-state index in [-0.39, 0.29) is 4.90 Å². The third-order valence-electron chi connectivity index (χ3n) is 4.15. The number of anilines is 3. The number of ether oxygens (including phenoxy) is 1. The quantitative estimate of drug-likeness (QED) is 0.402. The van der Waals surface area contributed by atoms with Gasteiger partial charge < -0.3 is 9.64 Å². The predicted octanol–water partition coefficient (Wildman–Crippen LogP) is 4.42. The summed E-state index contributed by atoms with van der Waals surface area (Å²) in [6.45, 7) is 0.991. The Kier molecular flexibility index (Phi) is 5.33. The van der Waals surface area contributed by atoms with Gasteiger partial charge in [0, 0.05) is 22.1 Å². The molecule has 4 rings (SSSR count). The molecule has 9 nitrogen and oxygen atoms in total. The van der Waals surface area contributed by atoms with E-state index >= 15 is 0 Å². The fraction of sp³-hybridized carbons (Fsp3) is 0.118. The molecular weight excluding hydrogens is 480 g/mol. The van der Waals surface area contributed by atoms with Crippen molar-refractivity contribution < 1.29 is 13.2 Å². The summed E-state index contributed by atoms with van der Waals surface area (Å²) in [5, 5.41) is 5.71. The molecule has 0 radical (unpaired) electrons. The zero-order valence-electron chi connectivity index (χ0n) is 14.7. The van der Waals surface area contributed by atoms with Crippen molar-refractivity contribution in [3.05, 3.63) is 52.4 Å². The van der Waals surface area contributed by atoms with E-state index in [9.17, 15) is 8.42 Å². The monoisotopic (exact) mass is 493 g/mol. The molecule has 0 aliphatic carbocycles. The van der Waals surface area contributed by atoms with Crippen molar-refractivity contribution >= 4 is 59.5 Å². The van der Waals surface area contributed by atoms with Gasteiger partial charge in [-0.25, -0.2) is 13.4 Å². The second-order valence-electron chi connectivity index (χ2n) is 5.91. The third-order valence-corrected chi connectivity index (χ3v) is 6.94. The molecule has 29 heavy (non-hydrogen) atoms.